The third-order valence-corrected chi connectivity index (χ3v) is 3.79. The van der Waals surface area contributed by atoms with Crippen LogP contribution in [0.4, 0.5) is 4.39 Å². The molecule has 4 nitrogen and oxygen atoms in total. The van der Waals surface area contributed by atoms with Gasteiger partial charge >= 0.3 is 0 Å². The average Bonchev–Trinajstić information content (AvgIpc) is 2.63. The summed E-state index contributed by atoms with van der Waals surface area (Å²) in [4.78, 5) is 19.8. The number of amides is 1. The number of benzene rings is 1. The van der Waals surface area contributed by atoms with E-state index in [1.54, 1.807) is 12.4 Å². The second kappa shape index (κ2) is 7.00. The van der Waals surface area contributed by atoms with E-state index < -0.39 is 11.7 Å². The molecule has 0 radical (unpaired) electrons. The molecule has 0 spiro atoms. The molecular formula is C19H16FN3O. The van der Waals surface area contributed by atoms with E-state index in [-0.39, 0.29) is 11.6 Å². The van der Waals surface area contributed by atoms with Gasteiger partial charge in [-0.2, -0.15) is 0 Å². The van der Waals surface area contributed by atoms with E-state index >= 15 is 0 Å². The molecule has 0 unspecified atom stereocenters. The monoisotopic (exact) mass is 321 g/mol. The van der Waals surface area contributed by atoms with E-state index in [4.69, 9.17) is 0 Å². The number of aromatic nitrogens is 2. The number of rotatable bonds is 4. The van der Waals surface area contributed by atoms with E-state index in [2.05, 4.69) is 15.3 Å². The van der Waals surface area contributed by atoms with Crippen LogP contribution in [0, 0.1) is 5.82 Å². The number of carbonyl (C=O) groups excluding carboxylic acids is 1. The zero-order valence-electron chi connectivity index (χ0n) is 13.1. The molecule has 1 amide bonds. The van der Waals surface area contributed by atoms with Crippen molar-refractivity contribution in [1.29, 1.82) is 0 Å². The van der Waals surface area contributed by atoms with Gasteiger partial charge in [-0.3, -0.25) is 14.8 Å². The maximum atomic E-state index is 13.6. The quantitative estimate of drug-likeness (QED) is 0.796. The Balaban J connectivity index is 1.73. The van der Waals surface area contributed by atoms with Gasteiger partial charge in [0.15, 0.2) is 5.82 Å². The third-order valence-electron chi connectivity index (χ3n) is 3.79. The predicted molar refractivity (Wildman–Crippen MR) is 89.7 cm³/mol. The molecule has 3 rings (SSSR count). The highest BCUT2D eigenvalue weighted by atomic mass is 19.1. The summed E-state index contributed by atoms with van der Waals surface area (Å²) < 4.78 is 13.6. The van der Waals surface area contributed by atoms with Crippen LogP contribution in [0.1, 0.15) is 28.9 Å². The Morgan fingerprint density at radius 3 is 2.25 bits per heavy atom. The normalized spacial score (nSPS) is 11.8. The lowest BCUT2D eigenvalue weighted by atomic mass is 10.0. The van der Waals surface area contributed by atoms with Gasteiger partial charge in [-0.15, -0.1) is 0 Å². The number of carbonyl (C=O) groups is 1. The molecule has 0 saturated heterocycles. The molecule has 1 atom stereocenters. The van der Waals surface area contributed by atoms with Crippen molar-refractivity contribution in [3.8, 4) is 11.1 Å². The topological polar surface area (TPSA) is 54.9 Å². The second-order valence-corrected chi connectivity index (χ2v) is 5.41. The van der Waals surface area contributed by atoms with E-state index in [0.717, 1.165) is 22.9 Å². The van der Waals surface area contributed by atoms with Crippen LogP contribution in [0.5, 0.6) is 0 Å². The van der Waals surface area contributed by atoms with Gasteiger partial charge in [0.25, 0.3) is 5.91 Å². The Hall–Kier alpha value is -3.08. The lowest BCUT2D eigenvalue weighted by Gasteiger charge is -2.15. The minimum Gasteiger partial charge on any atom is -0.345 e. The standard InChI is InChI=1S/C19H16FN3O/c1-13(23-19(24)17-8-11-22-12-18(17)20)14-2-4-15(5-3-14)16-6-9-21-10-7-16/h2-13H,1H3,(H,23,24)/t13-/m0/s1. The predicted octanol–water partition coefficient (Wildman–Crippen LogP) is 3.77. The summed E-state index contributed by atoms with van der Waals surface area (Å²) in [6, 6.07) is 12.9. The molecule has 1 aromatic carbocycles. The fraction of sp³-hybridized carbons (Fsp3) is 0.105. The Morgan fingerprint density at radius 2 is 1.58 bits per heavy atom. The summed E-state index contributed by atoms with van der Waals surface area (Å²) in [6.45, 7) is 1.86. The third kappa shape index (κ3) is 3.46. The molecule has 120 valence electrons. The van der Waals surface area contributed by atoms with Crippen molar-refractivity contribution in [2.24, 2.45) is 0 Å². The van der Waals surface area contributed by atoms with Gasteiger partial charge in [-0.1, -0.05) is 24.3 Å². The van der Waals surface area contributed by atoms with Crippen molar-refractivity contribution in [3.05, 3.63) is 84.2 Å². The maximum absolute atomic E-state index is 13.6. The van der Waals surface area contributed by atoms with Crippen molar-refractivity contribution in [2.45, 2.75) is 13.0 Å². The van der Waals surface area contributed by atoms with Crippen LogP contribution in [0.15, 0.2) is 67.3 Å². The molecule has 1 N–H and O–H groups in total. The molecule has 0 aliphatic heterocycles. The summed E-state index contributed by atoms with van der Waals surface area (Å²) in [6.07, 6.45) is 5.92. The molecular weight excluding hydrogens is 305 g/mol. The fourth-order valence-electron chi connectivity index (χ4n) is 2.43. The molecule has 2 aromatic heterocycles. The van der Waals surface area contributed by atoms with Gasteiger partial charge in [0.2, 0.25) is 0 Å². The van der Waals surface area contributed by atoms with Gasteiger partial charge in [0.1, 0.15) is 0 Å². The van der Waals surface area contributed by atoms with E-state index in [1.807, 2.05) is 43.3 Å². The van der Waals surface area contributed by atoms with Gasteiger partial charge in [0.05, 0.1) is 17.8 Å². The molecule has 0 aliphatic carbocycles. The number of halogens is 1. The molecule has 2 heterocycles. The van der Waals surface area contributed by atoms with E-state index in [0.29, 0.717) is 0 Å². The summed E-state index contributed by atoms with van der Waals surface area (Å²) in [7, 11) is 0. The minimum atomic E-state index is -0.629. The first-order chi connectivity index (χ1) is 11.6. The summed E-state index contributed by atoms with van der Waals surface area (Å²) in [5.41, 5.74) is 3.08. The largest absolute Gasteiger partial charge is 0.345 e. The maximum Gasteiger partial charge on any atom is 0.254 e. The minimum absolute atomic E-state index is 0.00902. The van der Waals surface area contributed by atoms with Crippen LogP contribution >= 0.6 is 0 Å². The van der Waals surface area contributed by atoms with Crippen LogP contribution in [0.25, 0.3) is 11.1 Å². The fourth-order valence-corrected chi connectivity index (χ4v) is 2.43. The summed E-state index contributed by atoms with van der Waals surface area (Å²) >= 11 is 0. The van der Waals surface area contributed by atoms with Gasteiger partial charge in [-0.05, 0) is 41.8 Å². The van der Waals surface area contributed by atoms with E-state index in [1.165, 1.54) is 12.3 Å². The number of nitrogens with one attached hydrogen (secondary N) is 1. The molecule has 0 bridgehead atoms. The van der Waals surface area contributed by atoms with Crippen LogP contribution in [0.2, 0.25) is 0 Å². The zero-order chi connectivity index (χ0) is 16.9. The molecule has 0 saturated carbocycles. The van der Waals surface area contributed by atoms with Crippen LogP contribution in [0.3, 0.4) is 0 Å². The number of nitrogens with zero attached hydrogens (tertiary/aromatic N) is 2. The second-order valence-electron chi connectivity index (χ2n) is 5.41. The lowest BCUT2D eigenvalue weighted by molar-refractivity contribution is 0.0935. The Morgan fingerprint density at radius 1 is 0.958 bits per heavy atom. The first kappa shape index (κ1) is 15.8. The van der Waals surface area contributed by atoms with Crippen molar-refractivity contribution in [2.75, 3.05) is 0 Å². The highest BCUT2D eigenvalue weighted by Gasteiger charge is 2.15. The van der Waals surface area contributed by atoms with E-state index in [9.17, 15) is 9.18 Å². The Bertz CT molecular complexity index is 835. The van der Waals surface area contributed by atoms with Crippen LogP contribution in [-0.4, -0.2) is 15.9 Å². The molecule has 3 aromatic rings. The highest BCUT2D eigenvalue weighted by molar-refractivity contribution is 5.94. The summed E-state index contributed by atoms with van der Waals surface area (Å²) in [5, 5.41) is 2.80. The van der Waals surface area contributed by atoms with Crippen molar-refractivity contribution in [3.63, 3.8) is 0 Å². The average molecular weight is 321 g/mol. The summed E-state index contributed by atoms with van der Waals surface area (Å²) in [5.74, 6) is -1.09. The number of hydrogen-bond acceptors (Lipinski definition) is 3. The number of pyridine rings is 2. The Kier molecular flexibility index (Phi) is 4.61. The van der Waals surface area contributed by atoms with Crippen molar-refractivity contribution < 1.29 is 9.18 Å². The van der Waals surface area contributed by atoms with Gasteiger partial charge in [0, 0.05) is 18.6 Å². The highest BCUT2D eigenvalue weighted by Crippen LogP contribution is 2.21. The lowest BCUT2D eigenvalue weighted by Crippen LogP contribution is -2.27. The first-order valence-corrected chi connectivity index (χ1v) is 7.56. The molecule has 5 heteroatoms. The molecule has 24 heavy (non-hydrogen) atoms. The van der Waals surface area contributed by atoms with Crippen LogP contribution in [-0.2, 0) is 0 Å². The van der Waals surface area contributed by atoms with Gasteiger partial charge in [-0.25, -0.2) is 4.39 Å². The van der Waals surface area contributed by atoms with Crippen molar-refractivity contribution in [1.82, 2.24) is 15.3 Å². The smallest absolute Gasteiger partial charge is 0.254 e. The van der Waals surface area contributed by atoms with Gasteiger partial charge < -0.3 is 5.32 Å². The SMILES string of the molecule is C[C@H](NC(=O)c1ccncc1F)c1ccc(-c2ccncc2)cc1. The van der Waals surface area contributed by atoms with Crippen LogP contribution < -0.4 is 5.32 Å². The molecule has 0 fully saturated rings. The van der Waals surface area contributed by atoms with Crippen molar-refractivity contribution >= 4 is 5.91 Å². The number of hydrogen-bond donors (Lipinski definition) is 1. The Labute approximate surface area is 139 Å². The molecule has 0 aliphatic rings. The first-order valence-electron chi connectivity index (χ1n) is 7.56. The zero-order valence-corrected chi connectivity index (χ0v) is 13.1.